The molecule has 7 heteroatoms. The maximum atomic E-state index is 11.0. The Balaban J connectivity index is 1.40. The van der Waals surface area contributed by atoms with Crippen LogP contribution in [0, 0.1) is 12.8 Å². The highest BCUT2D eigenvalue weighted by molar-refractivity contribution is 5.73. The molecule has 29 heavy (non-hydrogen) atoms. The Kier molecular flexibility index (Phi) is 7.41. The minimum absolute atomic E-state index is 0.0285. The lowest BCUT2D eigenvalue weighted by atomic mass is 9.83. The maximum absolute atomic E-state index is 11.0. The number of ether oxygens (including phenoxy) is 3. The summed E-state index contributed by atoms with van der Waals surface area (Å²) in [5, 5.41) is 2.82. The second-order valence-electron chi connectivity index (χ2n) is 7.59. The Morgan fingerprint density at radius 1 is 1.17 bits per heavy atom. The lowest BCUT2D eigenvalue weighted by molar-refractivity contribution is -0.120. The van der Waals surface area contributed by atoms with Crippen LogP contribution in [0.15, 0.2) is 36.7 Å². The van der Waals surface area contributed by atoms with E-state index in [9.17, 15) is 4.79 Å². The smallest absolute Gasteiger partial charge is 0.223 e. The van der Waals surface area contributed by atoms with Crippen molar-refractivity contribution in [2.24, 2.45) is 5.92 Å². The van der Waals surface area contributed by atoms with Crippen molar-refractivity contribution in [2.75, 3.05) is 13.2 Å². The molecule has 1 aromatic heterocycles. The Hall–Kier alpha value is -2.67. The third-order valence-corrected chi connectivity index (χ3v) is 4.89. The lowest BCUT2D eigenvalue weighted by Crippen LogP contribution is -2.40. The first-order valence-electron chi connectivity index (χ1n) is 10.0. The van der Waals surface area contributed by atoms with Gasteiger partial charge in [-0.2, -0.15) is 0 Å². The van der Waals surface area contributed by atoms with Gasteiger partial charge in [0.05, 0.1) is 24.9 Å². The van der Waals surface area contributed by atoms with Crippen molar-refractivity contribution in [3.63, 3.8) is 0 Å². The van der Waals surface area contributed by atoms with Gasteiger partial charge in [0.15, 0.2) is 0 Å². The first kappa shape index (κ1) is 21.0. The average Bonchev–Trinajstić information content (AvgIpc) is 2.66. The molecule has 1 amide bonds. The summed E-state index contributed by atoms with van der Waals surface area (Å²) in [6, 6.07) is 10.00. The van der Waals surface area contributed by atoms with Crippen molar-refractivity contribution in [3.8, 4) is 11.8 Å². The van der Waals surface area contributed by atoms with E-state index in [-0.39, 0.29) is 18.1 Å². The van der Waals surface area contributed by atoms with Gasteiger partial charge in [-0.15, -0.1) is 0 Å². The van der Waals surface area contributed by atoms with Crippen LogP contribution in [0.4, 0.5) is 0 Å². The Morgan fingerprint density at radius 2 is 1.86 bits per heavy atom. The van der Waals surface area contributed by atoms with Crippen molar-refractivity contribution in [1.29, 1.82) is 0 Å². The van der Waals surface area contributed by atoms with Crippen molar-refractivity contribution in [2.45, 2.75) is 52.4 Å². The van der Waals surface area contributed by atoms with Crippen molar-refractivity contribution >= 4 is 5.91 Å². The van der Waals surface area contributed by atoms with E-state index < -0.39 is 0 Å². The van der Waals surface area contributed by atoms with E-state index in [1.807, 2.05) is 44.2 Å². The van der Waals surface area contributed by atoms with Gasteiger partial charge in [0.25, 0.3) is 0 Å². The van der Waals surface area contributed by atoms with Gasteiger partial charge in [-0.1, -0.05) is 30.3 Å². The van der Waals surface area contributed by atoms with Crippen LogP contribution >= 0.6 is 0 Å². The number of nitrogens with one attached hydrogen (secondary N) is 1. The predicted octanol–water partition coefficient (Wildman–Crippen LogP) is 3.06. The summed E-state index contributed by atoms with van der Waals surface area (Å²) in [6.45, 7) is 6.95. The summed E-state index contributed by atoms with van der Waals surface area (Å²) in [7, 11) is 0. The van der Waals surface area contributed by atoms with Gasteiger partial charge < -0.3 is 19.5 Å². The zero-order valence-corrected chi connectivity index (χ0v) is 17.3. The molecule has 0 bridgehead atoms. The van der Waals surface area contributed by atoms with E-state index in [0.717, 1.165) is 24.0 Å². The van der Waals surface area contributed by atoms with Gasteiger partial charge in [0.1, 0.15) is 12.9 Å². The van der Waals surface area contributed by atoms with Crippen LogP contribution in [0.2, 0.25) is 0 Å². The van der Waals surface area contributed by atoms with Crippen LogP contribution in [0.5, 0.6) is 11.8 Å². The summed E-state index contributed by atoms with van der Waals surface area (Å²) in [4.78, 5) is 19.5. The molecule has 1 fully saturated rings. The first-order valence-corrected chi connectivity index (χ1v) is 10.0. The largest absolute Gasteiger partial charge is 0.477 e. The fraction of sp³-hybridized carbons (Fsp3) is 0.500. The topological polar surface area (TPSA) is 82.6 Å². The standard InChI is InChI=1S/C22H29N3O4/c1-15(25-17(3)26)11-27-20-9-19(10-20)13-29-22-16(2)21(23-14-24-22)28-12-18-7-5-4-6-8-18/h4-8,14-15,19-20H,9-13H2,1-3H3,(H,25,26)/t15-,19-,20-/m0/s1. The van der Waals surface area contributed by atoms with E-state index in [4.69, 9.17) is 14.2 Å². The van der Waals surface area contributed by atoms with Gasteiger partial charge in [0.2, 0.25) is 17.7 Å². The molecule has 0 unspecified atom stereocenters. The molecule has 0 aliphatic heterocycles. The molecule has 2 aromatic rings. The third kappa shape index (κ3) is 6.42. The van der Waals surface area contributed by atoms with Crippen molar-refractivity contribution in [3.05, 3.63) is 47.8 Å². The molecule has 7 nitrogen and oxygen atoms in total. The minimum atomic E-state index is -0.0340. The molecule has 0 radical (unpaired) electrons. The third-order valence-electron chi connectivity index (χ3n) is 4.89. The van der Waals surface area contributed by atoms with Crippen LogP contribution < -0.4 is 14.8 Å². The van der Waals surface area contributed by atoms with Gasteiger partial charge in [-0.3, -0.25) is 4.79 Å². The number of rotatable bonds is 10. The molecule has 0 saturated heterocycles. The number of hydrogen-bond acceptors (Lipinski definition) is 6. The Bertz CT molecular complexity index is 794. The van der Waals surface area contributed by atoms with E-state index in [1.165, 1.54) is 13.3 Å². The zero-order valence-electron chi connectivity index (χ0n) is 17.3. The lowest BCUT2D eigenvalue weighted by Gasteiger charge is -2.35. The fourth-order valence-electron chi connectivity index (χ4n) is 3.25. The highest BCUT2D eigenvalue weighted by Crippen LogP contribution is 2.31. The molecule has 0 spiro atoms. The second-order valence-corrected chi connectivity index (χ2v) is 7.59. The average molecular weight is 399 g/mol. The molecule has 1 aromatic carbocycles. The molecular weight excluding hydrogens is 370 g/mol. The van der Waals surface area contributed by atoms with E-state index >= 15 is 0 Å². The molecular formula is C22H29N3O4. The van der Waals surface area contributed by atoms with Crippen molar-refractivity contribution in [1.82, 2.24) is 15.3 Å². The van der Waals surface area contributed by atoms with Crippen LogP contribution in [0.3, 0.4) is 0 Å². The summed E-state index contributed by atoms with van der Waals surface area (Å²) < 4.78 is 17.6. The van der Waals surface area contributed by atoms with Crippen LogP contribution in [-0.2, 0) is 16.1 Å². The molecule has 3 rings (SSSR count). The molecule has 1 saturated carbocycles. The van der Waals surface area contributed by atoms with Gasteiger partial charge in [-0.25, -0.2) is 9.97 Å². The molecule has 1 N–H and O–H groups in total. The van der Waals surface area contributed by atoms with E-state index in [1.54, 1.807) is 0 Å². The molecule has 1 heterocycles. The number of nitrogens with zero attached hydrogens (tertiary/aromatic N) is 2. The van der Waals surface area contributed by atoms with Gasteiger partial charge in [-0.05, 0) is 38.2 Å². The minimum Gasteiger partial charge on any atom is -0.477 e. The molecule has 1 aliphatic rings. The van der Waals surface area contributed by atoms with Gasteiger partial charge >= 0.3 is 0 Å². The number of carbonyl (C=O) groups is 1. The zero-order chi connectivity index (χ0) is 20.6. The predicted molar refractivity (Wildman–Crippen MR) is 109 cm³/mol. The first-order chi connectivity index (χ1) is 14.0. The van der Waals surface area contributed by atoms with Crippen LogP contribution in [0.25, 0.3) is 0 Å². The number of hydrogen-bond donors (Lipinski definition) is 1. The van der Waals surface area contributed by atoms with Crippen LogP contribution in [-0.4, -0.2) is 41.2 Å². The second kappa shape index (κ2) is 10.2. The summed E-state index contributed by atoms with van der Waals surface area (Å²) in [5.74, 6) is 1.51. The highest BCUT2D eigenvalue weighted by Gasteiger charge is 2.31. The van der Waals surface area contributed by atoms with E-state index in [0.29, 0.717) is 37.5 Å². The number of aromatic nitrogens is 2. The van der Waals surface area contributed by atoms with Crippen molar-refractivity contribution < 1.29 is 19.0 Å². The Labute approximate surface area is 171 Å². The fourth-order valence-corrected chi connectivity index (χ4v) is 3.25. The summed E-state index contributed by atoms with van der Waals surface area (Å²) in [6.07, 6.45) is 3.61. The quantitative estimate of drug-likeness (QED) is 0.661. The van der Waals surface area contributed by atoms with Crippen LogP contribution in [0.1, 0.15) is 37.8 Å². The molecule has 1 atom stereocenters. The summed E-state index contributed by atoms with van der Waals surface area (Å²) >= 11 is 0. The Morgan fingerprint density at radius 3 is 2.55 bits per heavy atom. The monoisotopic (exact) mass is 399 g/mol. The normalized spacial score (nSPS) is 19.1. The molecule has 1 aliphatic carbocycles. The van der Waals surface area contributed by atoms with E-state index in [2.05, 4.69) is 15.3 Å². The summed E-state index contributed by atoms with van der Waals surface area (Å²) in [5.41, 5.74) is 1.89. The van der Waals surface area contributed by atoms with Gasteiger partial charge in [0, 0.05) is 13.0 Å². The number of benzene rings is 1. The maximum Gasteiger partial charge on any atom is 0.223 e. The number of carbonyl (C=O) groups excluding carboxylic acids is 1. The SMILES string of the molecule is CC(=O)N[C@@H](C)CO[C@H]1C[C@H](COc2ncnc(OCc3ccccc3)c2C)C1. The highest BCUT2D eigenvalue weighted by atomic mass is 16.5. The molecule has 156 valence electrons. The number of amides is 1.